The van der Waals surface area contributed by atoms with Gasteiger partial charge in [0.1, 0.15) is 13.2 Å². The summed E-state index contributed by atoms with van der Waals surface area (Å²) in [6.45, 7) is 5.48. The van der Waals surface area contributed by atoms with Gasteiger partial charge in [-0.05, 0) is 43.9 Å². The Morgan fingerprint density at radius 3 is 2.56 bits per heavy atom. The van der Waals surface area contributed by atoms with E-state index in [2.05, 4.69) is 19.9 Å². The van der Waals surface area contributed by atoms with Gasteiger partial charge in [-0.3, -0.25) is 0 Å². The first kappa shape index (κ1) is 9.97. The van der Waals surface area contributed by atoms with E-state index >= 15 is 0 Å². The summed E-state index contributed by atoms with van der Waals surface area (Å²) in [4.78, 5) is 0. The Balaban J connectivity index is 2.23. The molecule has 0 spiro atoms. The number of aryl methyl sites for hydroxylation is 1. The molecule has 2 N–H and O–H groups in total. The average Bonchev–Trinajstić information content (AvgIpc) is 2.99. The van der Waals surface area contributed by atoms with Crippen molar-refractivity contribution in [2.45, 2.75) is 32.2 Å². The highest BCUT2D eigenvalue weighted by Crippen LogP contribution is 2.52. The lowest BCUT2D eigenvalue weighted by molar-refractivity contribution is 0.168. The topological polar surface area (TPSA) is 44.5 Å². The third-order valence-electron chi connectivity index (χ3n) is 3.64. The van der Waals surface area contributed by atoms with Gasteiger partial charge in [0.15, 0.2) is 11.5 Å². The van der Waals surface area contributed by atoms with Gasteiger partial charge in [0.2, 0.25) is 0 Å². The number of hydrogen-bond donors (Lipinski definition) is 1. The fraction of sp³-hybridized carbons (Fsp3) is 0.538. The normalized spacial score (nSPS) is 20.7. The minimum Gasteiger partial charge on any atom is -0.486 e. The highest BCUT2D eigenvalue weighted by Gasteiger charge is 2.44. The number of fused-ring (bicyclic) bond motifs is 1. The Kier molecular flexibility index (Phi) is 1.96. The molecule has 1 aliphatic carbocycles. The molecule has 0 unspecified atom stereocenters. The zero-order valence-corrected chi connectivity index (χ0v) is 9.80. The van der Waals surface area contributed by atoms with Crippen LogP contribution in [-0.2, 0) is 5.54 Å². The molecule has 0 radical (unpaired) electrons. The summed E-state index contributed by atoms with van der Waals surface area (Å²) in [6.07, 6.45) is 2.10. The highest BCUT2D eigenvalue weighted by atomic mass is 16.6. The summed E-state index contributed by atoms with van der Waals surface area (Å²) in [5.41, 5.74) is 9.82. The van der Waals surface area contributed by atoms with Gasteiger partial charge < -0.3 is 15.2 Å². The Bertz CT molecular complexity index is 450. The molecule has 3 heteroatoms. The lowest BCUT2D eigenvalue weighted by Gasteiger charge is -2.26. The van der Waals surface area contributed by atoms with Gasteiger partial charge in [0, 0.05) is 11.1 Å². The van der Waals surface area contributed by atoms with Crippen LogP contribution in [0.4, 0.5) is 0 Å². The fourth-order valence-electron chi connectivity index (χ4n) is 2.39. The maximum atomic E-state index is 6.33. The van der Waals surface area contributed by atoms with Gasteiger partial charge in [-0.2, -0.15) is 0 Å². The summed E-state index contributed by atoms with van der Waals surface area (Å²) < 4.78 is 11.4. The van der Waals surface area contributed by atoms with Crippen molar-refractivity contribution in [1.29, 1.82) is 0 Å². The standard InChI is InChI=1S/C13H17NO2/c1-8-7-10-12(16-6-5-15-10)11(9(8)2)13(14)3-4-13/h7H,3-6,14H2,1-2H3. The molecule has 1 fully saturated rings. The SMILES string of the molecule is Cc1cc2c(c(C3(N)CC3)c1C)OCCO2. The fourth-order valence-corrected chi connectivity index (χ4v) is 2.39. The molecule has 0 amide bonds. The first-order valence-electron chi connectivity index (χ1n) is 5.81. The van der Waals surface area contributed by atoms with Crippen molar-refractivity contribution in [3.05, 3.63) is 22.8 Å². The predicted octanol–water partition coefficient (Wildman–Crippen LogP) is 2.02. The largest absolute Gasteiger partial charge is 0.486 e. The lowest BCUT2D eigenvalue weighted by atomic mass is 9.94. The van der Waals surface area contributed by atoms with Crippen molar-refractivity contribution in [2.24, 2.45) is 5.73 Å². The second kappa shape index (κ2) is 3.14. The van der Waals surface area contributed by atoms with Crippen LogP contribution >= 0.6 is 0 Å². The van der Waals surface area contributed by atoms with E-state index < -0.39 is 0 Å². The van der Waals surface area contributed by atoms with Crippen molar-refractivity contribution >= 4 is 0 Å². The zero-order chi connectivity index (χ0) is 11.3. The van der Waals surface area contributed by atoms with Crippen molar-refractivity contribution in [1.82, 2.24) is 0 Å². The van der Waals surface area contributed by atoms with Crippen molar-refractivity contribution in [3.63, 3.8) is 0 Å². The van der Waals surface area contributed by atoms with Crippen LogP contribution in [0.25, 0.3) is 0 Å². The zero-order valence-electron chi connectivity index (χ0n) is 9.80. The van der Waals surface area contributed by atoms with E-state index in [1.807, 2.05) is 0 Å². The quantitative estimate of drug-likeness (QED) is 0.786. The van der Waals surface area contributed by atoms with Crippen LogP contribution in [0.1, 0.15) is 29.5 Å². The Labute approximate surface area is 95.5 Å². The van der Waals surface area contributed by atoms with Gasteiger partial charge in [0.25, 0.3) is 0 Å². The number of rotatable bonds is 1. The van der Waals surface area contributed by atoms with Crippen LogP contribution in [0.2, 0.25) is 0 Å². The molecule has 0 saturated heterocycles. The van der Waals surface area contributed by atoms with Gasteiger partial charge in [-0.25, -0.2) is 0 Å². The van der Waals surface area contributed by atoms with Crippen molar-refractivity contribution in [2.75, 3.05) is 13.2 Å². The molecule has 1 aromatic rings. The highest BCUT2D eigenvalue weighted by molar-refractivity contribution is 5.58. The molecule has 0 atom stereocenters. The van der Waals surface area contributed by atoms with Crippen LogP contribution in [0.5, 0.6) is 11.5 Å². The molecule has 3 rings (SSSR count). The van der Waals surface area contributed by atoms with E-state index in [9.17, 15) is 0 Å². The molecule has 1 saturated carbocycles. The molecule has 1 heterocycles. The van der Waals surface area contributed by atoms with Crippen LogP contribution in [-0.4, -0.2) is 13.2 Å². The summed E-state index contributed by atoms with van der Waals surface area (Å²) in [7, 11) is 0. The Morgan fingerprint density at radius 1 is 1.19 bits per heavy atom. The van der Waals surface area contributed by atoms with Crippen LogP contribution in [0.15, 0.2) is 6.07 Å². The van der Waals surface area contributed by atoms with Gasteiger partial charge in [-0.1, -0.05) is 0 Å². The summed E-state index contributed by atoms with van der Waals surface area (Å²) in [5, 5.41) is 0. The molecule has 86 valence electrons. The van der Waals surface area contributed by atoms with E-state index in [-0.39, 0.29) is 5.54 Å². The first-order chi connectivity index (χ1) is 7.62. The first-order valence-corrected chi connectivity index (χ1v) is 5.81. The number of hydrogen-bond acceptors (Lipinski definition) is 3. The van der Waals surface area contributed by atoms with E-state index in [0.29, 0.717) is 13.2 Å². The summed E-state index contributed by atoms with van der Waals surface area (Å²) >= 11 is 0. The van der Waals surface area contributed by atoms with Crippen LogP contribution in [0.3, 0.4) is 0 Å². The second-order valence-electron chi connectivity index (χ2n) is 4.87. The molecule has 16 heavy (non-hydrogen) atoms. The van der Waals surface area contributed by atoms with Gasteiger partial charge in [0.05, 0.1) is 0 Å². The smallest absolute Gasteiger partial charge is 0.166 e. The summed E-state index contributed by atoms with van der Waals surface area (Å²) in [6, 6.07) is 2.05. The average molecular weight is 219 g/mol. The molecule has 0 bridgehead atoms. The van der Waals surface area contributed by atoms with E-state index in [4.69, 9.17) is 15.2 Å². The number of nitrogens with two attached hydrogens (primary N) is 1. The van der Waals surface area contributed by atoms with Gasteiger partial charge >= 0.3 is 0 Å². The maximum Gasteiger partial charge on any atom is 0.166 e. The predicted molar refractivity (Wildman–Crippen MR) is 62.0 cm³/mol. The monoisotopic (exact) mass is 219 g/mol. The Morgan fingerprint density at radius 2 is 1.88 bits per heavy atom. The maximum absolute atomic E-state index is 6.33. The number of benzene rings is 1. The van der Waals surface area contributed by atoms with Crippen molar-refractivity contribution < 1.29 is 9.47 Å². The van der Waals surface area contributed by atoms with Crippen LogP contribution < -0.4 is 15.2 Å². The van der Waals surface area contributed by atoms with Crippen LogP contribution in [0, 0.1) is 13.8 Å². The van der Waals surface area contributed by atoms with Crippen molar-refractivity contribution in [3.8, 4) is 11.5 Å². The molecule has 0 aromatic heterocycles. The summed E-state index contributed by atoms with van der Waals surface area (Å²) in [5.74, 6) is 1.75. The minimum absolute atomic E-state index is 0.166. The third-order valence-corrected chi connectivity index (χ3v) is 3.64. The molecule has 2 aliphatic rings. The second-order valence-corrected chi connectivity index (χ2v) is 4.87. The minimum atomic E-state index is -0.166. The third kappa shape index (κ3) is 1.31. The van der Waals surface area contributed by atoms with E-state index in [0.717, 1.165) is 24.3 Å². The molecular formula is C13H17NO2. The lowest BCUT2D eigenvalue weighted by Crippen LogP contribution is -2.25. The van der Waals surface area contributed by atoms with Gasteiger partial charge in [-0.15, -0.1) is 0 Å². The molecule has 1 aromatic carbocycles. The molecule has 3 nitrogen and oxygen atoms in total. The number of ether oxygens (including phenoxy) is 2. The van der Waals surface area contributed by atoms with E-state index in [1.165, 1.54) is 16.7 Å². The molecule has 1 aliphatic heterocycles. The van der Waals surface area contributed by atoms with E-state index in [1.54, 1.807) is 0 Å². The Hall–Kier alpha value is -1.22. The molecular weight excluding hydrogens is 202 g/mol.